The van der Waals surface area contributed by atoms with Crippen molar-refractivity contribution in [2.45, 2.75) is 33.1 Å². The maximum absolute atomic E-state index is 13.5. The van der Waals surface area contributed by atoms with Crippen LogP contribution in [0.25, 0.3) is 0 Å². The molecule has 1 atom stereocenters. The van der Waals surface area contributed by atoms with E-state index in [9.17, 15) is 57.5 Å². The third kappa shape index (κ3) is 20.7. The SMILES string of the molecule is CNC(=O)COCCOCCOCCNC(=O)CCNC(=O)c1cc(NC(=O)c2cc(NC(=O)C3=NC(NC(=O)c4cc(NC(=O)CCCNC(=O)c5nc(NC(=O)c6cc(NC(=O)c7cc(NC(=O)c8nc(NC(C)=O)cn8C)cn7C)cn6C)cn5C)cn4C)=CC3C)cn2C)cn1C. The fraction of sp³-hybridized carbons (Fsp3) is 0.359. The van der Waals surface area contributed by atoms with Crippen molar-refractivity contribution in [3.05, 3.63) is 126 Å². The number of nitrogens with zero attached hydrogens (tertiary/aromatic N) is 10. The first-order chi connectivity index (χ1) is 48.1. The molecule has 37 nitrogen and oxygen atoms in total. The first kappa shape index (κ1) is 74.5. The van der Waals surface area contributed by atoms with Crippen molar-refractivity contribution in [2.75, 3.05) is 104 Å². The lowest BCUT2D eigenvalue weighted by Crippen LogP contribution is -2.33. The number of aromatic nitrogens is 9. The summed E-state index contributed by atoms with van der Waals surface area (Å²) in [5.41, 5.74) is 2.45. The minimum Gasteiger partial charge on any atom is -0.377 e. The van der Waals surface area contributed by atoms with E-state index in [4.69, 9.17) is 14.2 Å². The van der Waals surface area contributed by atoms with Crippen LogP contribution in [0, 0.1) is 5.92 Å². The lowest BCUT2D eigenvalue weighted by molar-refractivity contribution is -0.126. The molecule has 8 heterocycles. The van der Waals surface area contributed by atoms with E-state index in [-0.39, 0.29) is 151 Å². The fourth-order valence-electron chi connectivity index (χ4n) is 10.2. The maximum atomic E-state index is 13.5. The highest BCUT2D eigenvalue weighted by Crippen LogP contribution is 2.24. The Balaban J connectivity index is 0.715. The summed E-state index contributed by atoms with van der Waals surface area (Å²) in [7, 11) is 12.7. The minimum absolute atomic E-state index is 0.00962. The Morgan fingerprint density at radius 3 is 1.35 bits per heavy atom. The molecule has 12 N–H and O–H groups in total. The van der Waals surface area contributed by atoms with Crippen LogP contribution in [0.3, 0.4) is 0 Å². The standard InChI is InChI=1S/C64H80N22O15/c1-36-22-48(75-54(36)62(96)73-41-26-44(82(6)31-41)58(92)71-39-24-43(80(4)29-39)57(91)68-15-13-51(88)66-16-17-99-18-19-100-20-21-101-35-53(90)65-3)78-60(94)46-23-38(28-81(46)5)70-52(89)12-11-14-67-63(97)55-77-50(34-85(55)9)79-61(95)47-25-40(30-84(47)8)72-59(93)45-27-42(32-83(45)7)74-64(98)56-76-49(33-86(56)10)69-37(2)87/h22-34,36H,11-21,35H2,1-10H3,(H,65,90)(H,66,88)(H,67,97)(H,68,91)(H,69,87)(H,70,89)(H,71,92)(H,72,93)(H,73,96)(H,74,98)(H,78,94)(H,79,95). The van der Waals surface area contributed by atoms with Crippen LogP contribution in [0.5, 0.6) is 0 Å². The second kappa shape index (κ2) is 34.3. The number of nitrogens with one attached hydrogen (secondary N) is 12. The van der Waals surface area contributed by atoms with Gasteiger partial charge in [0.25, 0.3) is 47.3 Å². The van der Waals surface area contributed by atoms with E-state index >= 15 is 0 Å². The zero-order chi connectivity index (χ0) is 73.2. The summed E-state index contributed by atoms with van der Waals surface area (Å²) in [6, 6.07) is 7.32. The van der Waals surface area contributed by atoms with Crippen molar-refractivity contribution in [1.82, 2.24) is 68.5 Å². The fourth-order valence-corrected chi connectivity index (χ4v) is 10.2. The molecule has 1 aliphatic rings. The van der Waals surface area contributed by atoms with Crippen LogP contribution in [0.4, 0.5) is 40.1 Å². The van der Waals surface area contributed by atoms with Gasteiger partial charge in [-0.05, 0) is 42.8 Å². The average molecular weight is 1400 g/mol. The summed E-state index contributed by atoms with van der Waals surface area (Å²) in [6.45, 7) is 4.83. The Bertz CT molecular complexity index is 4380. The van der Waals surface area contributed by atoms with E-state index in [0.29, 0.717) is 36.9 Å². The first-order valence-corrected chi connectivity index (χ1v) is 31.5. The average Bonchev–Trinajstić information content (AvgIpc) is 1.69. The number of imidazole rings is 2. The highest BCUT2D eigenvalue weighted by molar-refractivity contribution is 6.44. The van der Waals surface area contributed by atoms with E-state index < -0.39 is 59.1 Å². The molecule has 12 amide bonds. The topological polar surface area (TPSA) is 450 Å². The van der Waals surface area contributed by atoms with Crippen molar-refractivity contribution >= 4 is 117 Å². The molecule has 0 saturated carbocycles. The number of anilines is 7. The molecule has 0 spiro atoms. The van der Waals surface area contributed by atoms with E-state index in [1.54, 1.807) is 74.7 Å². The number of ether oxygens (including phenoxy) is 3. The lowest BCUT2D eigenvalue weighted by Gasteiger charge is -2.08. The maximum Gasteiger partial charge on any atom is 0.291 e. The number of aliphatic imine (C=N–C) groups is 1. The van der Waals surface area contributed by atoms with Crippen molar-refractivity contribution in [3.63, 3.8) is 0 Å². The number of hydrogen-bond acceptors (Lipinski definition) is 18. The van der Waals surface area contributed by atoms with Gasteiger partial charge in [0.15, 0.2) is 11.6 Å². The van der Waals surface area contributed by atoms with Gasteiger partial charge < -0.3 is 110 Å². The molecule has 0 aliphatic carbocycles. The predicted molar refractivity (Wildman–Crippen MR) is 367 cm³/mol. The molecule has 0 radical (unpaired) electrons. The Morgan fingerprint density at radius 2 is 0.832 bits per heavy atom. The molecule has 0 fully saturated rings. The predicted octanol–water partition coefficient (Wildman–Crippen LogP) is 1.29. The van der Waals surface area contributed by atoms with Crippen molar-refractivity contribution in [2.24, 2.45) is 60.2 Å². The van der Waals surface area contributed by atoms with Gasteiger partial charge in [-0.15, -0.1) is 0 Å². The highest BCUT2D eigenvalue weighted by Gasteiger charge is 2.28. The van der Waals surface area contributed by atoms with Gasteiger partial charge in [-0.25, -0.2) is 15.0 Å². The number of amides is 12. The van der Waals surface area contributed by atoms with E-state index in [2.05, 4.69) is 78.8 Å². The Morgan fingerprint density at radius 1 is 0.406 bits per heavy atom. The zero-order valence-corrected chi connectivity index (χ0v) is 57.2. The number of carbonyl (C=O) groups excluding carboxylic acids is 12. The third-order valence-corrected chi connectivity index (χ3v) is 15.1. The molecule has 1 aliphatic heterocycles. The molecule has 0 saturated heterocycles. The molecule has 1 unspecified atom stereocenters. The summed E-state index contributed by atoms with van der Waals surface area (Å²) in [6.07, 6.45) is 12.4. The quantitative estimate of drug-likeness (QED) is 0.0253. The third-order valence-electron chi connectivity index (χ3n) is 15.1. The van der Waals surface area contributed by atoms with Gasteiger partial charge in [-0.3, -0.25) is 57.5 Å². The van der Waals surface area contributed by atoms with Crippen molar-refractivity contribution in [3.8, 4) is 0 Å². The summed E-state index contributed by atoms with van der Waals surface area (Å²) >= 11 is 0. The number of hydrogen-bond donors (Lipinski definition) is 12. The van der Waals surface area contributed by atoms with Gasteiger partial charge in [0.1, 0.15) is 46.6 Å². The molecular formula is C64H80N22O15. The minimum atomic E-state index is -0.595. The Labute approximate surface area is 577 Å². The van der Waals surface area contributed by atoms with Gasteiger partial charge in [0, 0.05) is 145 Å². The summed E-state index contributed by atoms with van der Waals surface area (Å²) in [5.74, 6) is -5.89. The number of allylic oxidation sites excluding steroid dienone is 1. The number of carbonyl (C=O) groups is 12. The molecule has 536 valence electrons. The van der Waals surface area contributed by atoms with Crippen molar-refractivity contribution in [1.29, 1.82) is 0 Å². The number of rotatable bonds is 34. The molecule has 101 heavy (non-hydrogen) atoms. The molecular weight excluding hydrogens is 1320 g/mol. The van der Waals surface area contributed by atoms with Gasteiger partial charge in [0.2, 0.25) is 35.3 Å². The van der Waals surface area contributed by atoms with Crippen LogP contribution in [0.2, 0.25) is 0 Å². The van der Waals surface area contributed by atoms with Crippen LogP contribution in [0.1, 0.15) is 107 Å². The zero-order valence-electron chi connectivity index (χ0n) is 57.2. The number of likely N-dealkylation sites (N-methyl/N-ethyl adjacent to an activating group) is 1. The molecule has 7 aromatic rings. The van der Waals surface area contributed by atoms with Crippen LogP contribution in [-0.2, 0) is 87.5 Å². The van der Waals surface area contributed by atoms with Crippen LogP contribution >= 0.6 is 0 Å². The normalized spacial score (nSPS) is 12.4. The second-order valence-corrected chi connectivity index (χ2v) is 23.2. The van der Waals surface area contributed by atoms with Crippen LogP contribution in [-0.4, -0.2) is 185 Å². The highest BCUT2D eigenvalue weighted by atomic mass is 16.5. The number of aryl methyl sites for hydroxylation is 7. The summed E-state index contributed by atoms with van der Waals surface area (Å²) < 4.78 is 26.3. The second-order valence-electron chi connectivity index (χ2n) is 23.2. The van der Waals surface area contributed by atoms with Gasteiger partial charge >= 0.3 is 0 Å². The summed E-state index contributed by atoms with van der Waals surface area (Å²) in [4.78, 5) is 167. The van der Waals surface area contributed by atoms with Crippen molar-refractivity contribution < 1.29 is 71.7 Å². The largest absolute Gasteiger partial charge is 0.377 e. The van der Waals surface area contributed by atoms with E-state index in [1.165, 1.54) is 107 Å². The van der Waals surface area contributed by atoms with E-state index in [1.807, 2.05) is 0 Å². The summed E-state index contributed by atoms with van der Waals surface area (Å²) in [5, 5.41) is 32.2. The monoisotopic (exact) mass is 1400 g/mol. The van der Waals surface area contributed by atoms with Crippen LogP contribution in [0.15, 0.2) is 90.6 Å². The Kier molecular flexibility index (Phi) is 25.3. The Hall–Kier alpha value is -12.3. The molecule has 0 aromatic carbocycles. The molecule has 8 rings (SSSR count). The van der Waals surface area contributed by atoms with Gasteiger partial charge in [-0.1, -0.05) is 6.92 Å². The van der Waals surface area contributed by atoms with Crippen LogP contribution < -0.4 is 63.8 Å². The van der Waals surface area contributed by atoms with Gasteiger partial charge in [-0.2, -0.15) is 0 Å². The molecule has 37 heteroatoms. The molecule has 0 bridgehead atoms. The lowest BCUT2D eigenvalue weighted by atomic mass is 10.1. The smallest absolute Gasteiger partial charge is 0.291 e. The first-order valence-electron chi connectivity index (χ1n) is 31.5. The van der Waals surface area contributed by atoms with Gasteiger partial charge in [0.05, 0.1) is 61.5 Å². The molecule has 7 aromatic heterocycles. The van der Waals surface area contributed by atoms with E-state index in [0.717, 1.165) is 0 Å².